The molecule has 0 aromatic heterocycles. The summed E-state index contributed by atoms with van der Waals surface area (Å²) in [6.45, 7) is 5.37. The molecule has 0 saturated heterocycles. The van der Waals surface area contributed by atoms with Gasteiger partial charge in [-0.25, -0.2) is 0 Å². The highest BCUT2D eigenvalue weighted by Crippen LogP contribution is 2.35. The quantitative estimate of drug-likeness (QED) is 0.875. The first kappa shape index (κ1) is 14.4. The van der Waals surface area contributed by atoms with Gasteiger partial charge in [0.2, 0.25) is 5.91 Å². The number of hydrogen-bond acceptors (Lipinski definition) is 2. The summed E-state index contributed by atoms with van der Waals surface area (Å²) in [5.74, 6) is 0.282. The van der Waals surface area contributed by atoms with E-state index in [1.807, 2.05) is 12.1 Å². The topological polar surface area (TPSA) is 41.1 Å². The average molecular weight is 286 g/mol. The molecule has 1 fully saturated rings. The van der Waals surface area contributed by atoms with E-state index in [1.165, 1.54) is 24.1 Å². The number of para-hydroxylation sites is 1. The lowest BCUT2D eigenvalue weighted by molar-refractivity contribution is -0.125. The van der Waals surface area contributed by atoms with Crippen LogP contribution in [0, 0.1) is 11.3 Å². The molecule has 0 spiro atoms. The molecule has 3 heteroatoms. The van der Waals surface area contributed by atoms with Gasteiger partial charge >= 0.3 is 0 Å². The fourth-order valence-corrected chi connectivity index (χ4v) is 3.77. The Bertz CT molecular complexity index is 524. The molecule has 2 atom stereocenters. The third-order valence-corrected chi connectivity index (χ3v) is 4.94. The Hall–Kier alpha value is -1.51. The minimum absolute atomic E-state index is 0.0601. The predicted octanol–water partition coefficient (Wildman–Crippen LogP) is 3.36. The highest BCUT2D eigenvalue weighted by molar-refractivity contribution is 5.81. The Labute approximate surface area is 127 Å². The van der Waals surface area contributed by atoms with Crippen LogP contribution in [0.3, 0.4) is 0 Å². The summed E-state index contributed by atoms with van der Waals surface area (Å²) >= 11 is 0. The zero-order valence-electron chi connectivity index (χ0n) is 13.1. The van der Waals surface area contributed by atoms with Gasteiger partial charge in [-0.05, 0) is 42.7 Å². The number of benzene rings is 1. The van der Waals surface area contributed by atoms with Crippen LogP contribution in [0.5, 0.6) is 0 Å². The molecule has 1 aliphatic heterocycles. The zero-order valence-corrected chi connectivity index (χ0v) is 13.1. The molecule has 1 aliphatic carbocycles. The number of amides is 1. The van der Waals surface area contributed by atoms with E-state index in [0.29, 0.717) is 11.5 Å². The van der Waals surface area contributed by atoms with Gasteiger partial charge in [-0.15, -0.1) is 0 Å². The normalized spacial score (nSPS) is 27.3. The Kier molecular flexibility index (Phi) is 3.92. The Morgan fingerprint density at radius 1 is 1.33 bits per heavy atom. The molecule has 3 rings (SSSR count). The number of fused-ring (bicyclic) bond motifs is 1. The molecule has 0 radical (unpaired) electrons. The molecule has 0 bridgehead atoms. The van der Waals surface area contributed by atoms with Crippen molar-refractivity contribution in [3.63, 3.8) is 0 Å². The highest BCUT2D eigenvalue weighted by Gasteiger charge is 2.31. The van der Waals surface area contributed by atoms with Crippen LogP contribution in [0.25, 0.3) is 0 Å². The van der Waals surface area contributed by atoms with Gasteiger partial charge in [0.05, 0.1) is 5.92 Å². The van der Waals surface area contributed by atoms with E-state index in [1.54, 1.807) is 0 Å². The van der Waals surface area contributed by atoms with Crippen molar-refractivity contribution < 1.29 is 4.79 Å². The summed E-state index contributed by atoms with van der Waals surface area (Å²) in [7, 11) is 0. The summed E-state index contributed by atoms with van der Waals surface area (Å²) in [4.78, 5) is 12.5. The maximum atomic E-state index is 12.5. The van der Waals surface area contributed by atoms with Crippen LogP contribution in [0.15, 0.2) is 24.3 Å². The second-order valence-corrected chi connectivity index (χ2v) is 7.41. The Balaban J connectivity index is 1.59. The molecule has 114 valence electrons. The second-order valence-electron chi connectivity index (χ2n) is 7.41. The summed E-state index contributed by atoms with van der Waals surface area (Å²) in [6.07, 6.45) is 5.59. The zero-order chi connectivity index (χ0) is 14.9. The van der Waals surface area contributed by atoms with Gasteiger partial charge in [0.15, 0.2) is 0 Å². The van der Waals surface area contributed by atoms with Gasteiger partial charge in [-0.1, -0.05) is 38.5 Å². The second kappa shape index (κ2) is 5.70. The van der Waals surface area contributed by atoms with Crippen LogP contribution in [-0.4, -0.2) is 18.5 Å². The van der Waals surface area contributed by atoms with Gasteiger partial charge in [0.25, 0.3) is 0 Å². The van der Waals surface area contributed by atoms with Crippen molar-refractivity contribution in [1.82, 2.24) is 5.32 Å². The van der Waals surface area contributed by atoms with Gasteiger partial charge in [0.1, 0.15) is 0 Å². The SMILES string of the molecule is CC1(C)CCCC(NC(=O)C2CNc3ccccc3C2)C1. The van der Waals surface area contributed by atoms with Crippen molar-refractivity contribution in [2.24, 2.45) is 11.3 Å². The molecule has 3 nitrogen and oxygen atoms in total. The van der Waals surface area contributed by atoms with E-state index in [9.17, 15) is 4.79 Å². The van der Waals surface area contributed by atoms with E-state index in [2.05, 4.69) is 36.6 Å². The molecule has 1 heterocycles. The smallest absolute Gasteiger partial charge is 0.225 e. The molecule has 1 amide bonds. The van der Waals surface area contributed by atoms with E-state index in [-0.39, 0.29) is 11.8 Å². The Morgan fingerprint density at radius 2 is 2.14 bits per heavy atom. The molecular formula is C18H26N2O. The maximum Gasteiger partial charge on any atom is 0.225 e. The monoisotopic (exact) mass is 286 g/mol. The van der Waals surface area contributed by atoms with Gasteiger partial charge in [-0.3, -0.25) is 4.79 Å². The first-order valence-electron chi connectivity index (χ1n) is 8.16. The number of rotatable bonds is 2. The molecule has 2 unspecified atom stereocenters. The number of nitrogens with one attached hydrogen (secondary N) is 2. The number of carbonyl (C=O) groups is 1. The van der Waals surface area contributed by atoms with Crippen LogP contribution in [0.4, 0.5) is 5.69 Å². The first-order chi connectivity index (χ1) is 10.0. The molecule has 2 aliphatic rings. The minimum Gasteiger partial charge on any atom is -0.384 e. The van der Waals surface area contributed by atoms with Crippen molar-refractivity contribution in [1.29, 1.82) is 0 Å². The van der Waals surface area contributed by atoms with Gasteiger partial charge < -0.3 is 10.6 Å². The fourth-order valence-electron chi connectivity index (χ4n) is 3.77. The molecule has 1 aromatic carbocycles. The molecule has 1 saturated carbocycles. The first-order valence-corrected chi connectivity index (χ1v) is 8.16. The van der Waals surface area contributed by atoms with Crippen molar-refractivity contribution in [3.05, 3.63) is 29.8 Å². The molecule has 21 heavy (non-hydrogen) atoms. The van der Waals surface area contributed by atoms with Crippen LogP contribution in [0.1, 0.15) is 45.1 Å². The molecule has 1 aromatic rings. The van der Waals surface area contributed by atoms with Crippen LogP contribution in [0.2, 0.25) is 0 Å². The van der Waals surface area contributed by atoms with Crippen molar-refractivity contribution in [3.8, 4) is 0 Å². The lowest BCUT2D eigenvalue weighted by Gasteiger charge is -2.36. The molecule has 2 N–H and O–H groups in total. The average Bonchev–Trinajstić information content (AvgIpc) is 2.45. The van der Waals surface area contributed by atoms with E-state index in [0.717, 1.165) is 25.8 Å². The van der Waals surface area contributed by atoms with Crippen LogP contribution < -0.4 is 10.6 Å². The third-order valence-electron chi connectivity index (χ3n) is 4.94. The summed E-state index contributed by atoms with van der Waals surface area (Å²) in [6, 6.07) is 8.65. The van der Waals surface area contributed by atoms with E-state index >= 15 is 0 Å². The largest absolute Gasteiger partial charge is 0.384 e. The predicted molar refractivity (Wildman–Crippen MR) is 86.3 cm³/mol. The van der Waals surface area contributed by atoms with Crippen molar-refractivity contribution in [2.75, 3.05) is 11.9 Å². The van der Waals surface area contributed by atoms with Crippen molar-refractivity contribution in [2.45, 2.75) is 52.0 Å². The molecular weight excluding hydrogens is 260 g/mol. The summed E-state index contributed by atoms with van der Waals surface area (Å²) < 4.78 is 0. The Morgan fingerprint density at radius 3 is 2.95 bits per heavy atom. The van der Waals surface area contributed by atoms with E-state index < -0.39 is 0 Å². The summed E-state index contributed by atoms with van der Waals surface area (Å²) in [5, 5.41) is 6.68. The van der Waals surface area contributed by atoms with Crippen LogP contribution >= 0.6 is 0 Å². The third kappa shape index (κ3) is 3.39. The maximum absolute atomic E-state index is 12.5. The van der Waals surface area contributed by atoms with Gasteiger partial charge in [-0.2, -0.15) is 0 Å². The minimum atomic E-state index is 0.0601. The van der Waals surface area contributed by atoms with E-state index in [4.69, 9.17) is 0 Å². The van der Waals surface area contributed by atoms with Crippen LogP contribution in [-0.2, 0) is 11.2 Å². The number of anilines is 1. The number of hydrogen-bond donors (Lipinski definition) is 2. The van der Waals surface area contributed by atoms with Crippen molar-refractivity contribution >= 4 is 11.6 Å². The number of carbonyl (C=O) groups excluding carboxylic acids is 1. The lowest BCUT2D eigenvalue weighted by atomic mass is 9.75. The standard InChI is InChI=1S/C18H26N2O/c1-18(2)9-5-7-15(11-18)20-17(21)14-10-13-6-3-4-8-16(13)19-12-14/h3-4,6,8,14-15,19H,5,7,9-12H2,1-2H3,(H,20,21). The highest BCUT2D eigenvalue weighted by atomic mass is 16.2. The van der Waals surface area contributed by atoms with Gasteiger partial charge in [0, 0.05) is 18.3 Å². The summed E-state index contributed by atoms with van der Waals surface area (Å²) in [5.41, 5.74) is 2.81. The fraction of sp³-hybridized carbons (Fsp3) is 0.611. The lowest BCUT2D eigenvalue weighted by Crippen LogP contribution is -2.45.